The van der Waals surface area contributed by atoms with Gasteiger partial charge in [0, 0.05) is 17.2 Å². The number of imide groups is 1. The van der Waals surface area contributed by atoms with Crippen LogP contribution in [0.1, 0.15) is 40.9 Å². The predicted octanol–water partition coefficient (Wildman–Crippen LogP) is 7.37. The lowest BCUT2D eigenvalue weighted by Crippen LogP contribution is -2.46. The molecule has 0 radical (unpaired) electrons. The van der Waals surface area contributed by atoms with Crippen LogP contribution >= 0.6 is 22.9 Å². The van der Waals surface area contributed by atoms with Crippen molar-refractivity contribution in [3.63, 3.8) is 0 Å². The number of aromatic nitrogens is 1. The lowest BCUT2D eigenvalue weighted by molar-refractivity contribution is -0.384. The number of hydrogen-bond donors (Lipinski definition) is 0. The Labute approximate surface area is 261 Å². The van der Waals surface area contributed by atoms with E-state index in [1.165, 1.54) is 17.0 Å². The molecular formula is C33H25ClN4O5S. The number of fused-ring (bicyclic) bond motifs is 1. The van der Waals surface area contributed by atoms with Crippen LogP contribution < -0.4 is 4.90 Å². The first-order valence-electron chi connectivity index (χ1n) is 13.8. The maximum absolute atomic E-state index is 14.0. The molecule has 2 atom stereocenters. The molecule has 1 aromatic heterocycles. The number of anilines is 1. The smallest absolute Gasteiger partial charge is 0.288 e. The molecule has 0 aliphatic carbocycles. The molecule has 220 valence electrons. The summed E-state index contributed by atoms with van der Waals surface area (Å²) in [5.41, 5.74) is 3.56. The summed E-state index contributed by atoms with van der Waals surface area (Å²) in [6.07, 6.45) is -0.240. The molecule has 1 saturated heterocycles. The molecule has 11 heteroatoms. The van der Waals surface area contributed by atoms with Crippen molar-refractivity contribution in [3.8, 4) is 10.6 Å². The number of thiazole rings is 1. The summed E-state index contributed by atoms with van der Waals surface area (Å²) in [5, 5.41) is 12.2. The fraction of sp³-hybridized carbons (Fsp3) is 0.152. The molecule has 0 spiro atoms. The normalized spacial score (nSPS) is 15.5. The molecule has 0 saturated carbocycles. The summed E-state index contributed by atoms with van der Waals surface area (Å²) in [6, 6.07) is 24.2. The SMILES string of the molecule is Cc1ccc2nc(-c3ccc(N4C(=O)CC(N(C(=O)c5ccc(Cl)c([N+](=O)[O-])c5)C(C)c5ccccc5)C4=O)cc3)sc2c1. The number of rotatable bonds is 7. The summed E-state index contributed by atoms with van der Waals surface area (Å²) in [6.45, 7) is 3.78. The second kappa shape index (κ2) is 11.6. The maximum Gasteiger partial charge on any atom is 0.288 e. The zero-order valence-electron chi connectivity index (χ0n) is 23.6. The highest BCUT2D eigenvalue weighted by atomic mass is 35.5. The van der Waals surface area contributed by atoms with E-state index in [1.807, 2.05) is 61.5 Å². The molecule has 2 heterocycles. The minimum Gasteiger partial charge on any atom is -0.319 e. The van der Waals surface area contributed by atoms with Gasteiger partial charge in [-0.05, 0) is 73.5 Å². The summed E-state index contributed by atoms with van der Waals surface area (Å²) >= 11 is 7.55. The van der Waals surface area contributed by atoms with Gasteiger partial charge >= 0.3 is 0 Å². The van der Waals surface area contributed by atoms with E-state index in [9.17, 15) is 24.5 Å². The third kappa shape index (κ3) is 5.34. The average Bonchev–Trinajstić information content (AvgIpc) is 3.57. The molecule has 5 aromatic rings. The first-order chi connectivity index (χ1) is 21.1. The Morgan fingerprint density at radius 1 is 1.05 bits per heavy atom. The third-order valence-electron chi connectivity index (χ3n) is 7.70. The molecule has 0 N–H and O–H groups in total. The van der Waals surface area contributed by atoms with Crippen LogP contribution in [-0.4, -0.2) is 38.6 Å². The Balaban J connectivity index is 1.33. The number of nitrogens with zero attached hydrogens (tertiary/aromatic N) is 4. The Hall–Kier alpha value is -4.93. The molecule has 9 nitrogen and oxygen atoms in total. The van der Waals surface area contributed by atoms with Gasteiger partial charge < -0.3 is 4.90 Å². The second-order valence-electron chi connectivity index (χ2n) is 10.5. The van der Waals surface area contributed by atoms with E-state index in [4.69, 9.17) is 16.6 Å². The number of carbonyl (C=O) groups excluding carboxylic acids is 3. The first kappa shape index (κ1) is 29.2. The molecular weight excluding hydrogens is 600 g/mol. The monoisotopic (exact) mass is 624 g/mol. The maximum atomic E-state index is 14.0. The summed E-state index contributed by atoms with van der Waals surface area (Å²) < 4.78 is 1.07. The Morgan fingerprint density at radius 3 is 2.48 bits per heavy atom. The predicted molar refractivity (Wildman–Crippen MR) is 170 cm³/mol. The van der Waals surface area contributed by atoms with E-state index < -0.39 is 40.4 Å². The molecule has 6 rings (SSSR count). The molecule has 4 aromatic carbocycles. The summed E-state index contributed by atoms with van der Waals surface area (Å²) in [7, 11) is 0. The van der Waals surface area contributed by atoms with Crippen LogP contribution in [0.15, 0.2) is 91.0 Å². The molecule has 44 heavy (non-hydrogen) atoms. The number of halogens is 1. The Morgan fingerprint density at radius 2 is 1.77 bits per heavy atom. The fourth-order valence-corrected chi connectivity index (χ4v) is 6.68. The van der Waals surface area contributed by atoms with E-state index in [-0.39, 0.29) is 17.0 Å². The van der Waals surface area contributed by atoms with Crippen LogP contribution in [0.4, 0.5) is 11.4 Å². The van der Waals surface area contributed by atoms with E-state index >= 15 is 0 Å². The van der Waals surface area contributed by atoms with E-state index in [2.05, 4.69) is 6.07 Å². The van der Waals surface area contributed by atoms with Gasteiger partial charge in [0.15, 0.2) is 0 Å². The van der Waals surface area contributed by atoms with Crippen molar-refractivity contribution >= 4 is 62.3 Å². The highest BCUT2D eigenvalue weighted by molar-refractivity contribution is 7.21. The number of aryl methyl sites for hydroxylation is 1. The summed E-state index contributed by atoms with van der Waals surface area (Å²) in [4.78, 5) is 59.3. The van der Waals surface area contributed by atoms with Gasteiger partial charge in [0.05, 0.1) is 33.3 Å². The topological polar surface area (TPSA) is 114 Å². The largest absolute Gasteiger partial charge is 0.319 e. The number of nitro groups is 1. The van der Waals surface area contributed by atoms with Gasteiger partial charge in [-0.2, -0.15) is 0 Å². The third-order valence-corrected chi connectivity index (χ3v) is 9.09. The van der Waals surface area contributed by atoms with Crippen molar-refractivity contribution in [1.82, 2.24) is 9.88 Å². The Bertz CT molecular complexity index is 1940. The Kier molecular flexibility index (Phi) is 7.71. The molecule has 2 unspecified atom stereocenters. The van der Waals surface area contributed by atoms with Crippen LogP contribution in [0.2, 0.25) is 5.02 Å². The van der Waals surface area contributed by atoms with Gasteiger partial charge in [-0.3, -0.25) is 24.5 Å². The minimum absolute atomic E-state index is 0.0158. The zero-order valence-corrected chi connectivity index (χ0v) is 25.2. The molecule has 3 amide bonds. The second-order valence-corrected chi connectivity index (χ2v) is 12.0. The highest BCUT2D eigenvalue weighted by Crippen LogP contribution is 2.36. The lowest BCUT2D eigenvalue weighted by Gasteiger charge is -2.33. The van der Waals surface area contributed by atoms with Crippen LogP contribution in [-0.2, 0) is 9.59 Å². The van der Waals surface area contributed by atoms with Gasteiger partial charge in [0.2, 0.25) is 5.91 Å². The van der Waals surface area contributed by atoms with Crippen molar-refractivity contribution in [3.05, 3.63) is 123 Å². The van der Waals surface area contributed by atoms with Gasteiger partial charge in [-0.1, -0.05) is 48.0 Å². The van der Waals surface area contributed by atoms with Crippen molar-refractivity contribution in [2.45, 2.75) is 32.4 Å². The molecule has 0 bridgehead atoms. The molecule has 1 fully saturated rings. The first-order valence-corrected chi connectivity index (χ1v) is 15.0. The van der Waals surface area contributed by atoms with Crippen molar-refractivity contribution in [2.24, 2.45) is 0 Å². The standard InChI is InChI=1S/C33H25ClN4O5S/c1-19-8-15-26-29(16-19)44-31(35-26)22-9-12-24(13-10-22)37-30(39)18-28(33(37)41)36(20(2)21-6-4-3-5-7-21)32(40)23-11-14-25(34)27(17-23)38(42)43/h3-17,20,28H,18H2,1-2H3. The lowest BCUT2D eigenvalue weighted by atomic mass is 10.0. The van der Waals surface area contributed by atoms with Gasteiger partial charge in [-0.15, -0.1) is 11.3 Å². The number of carbonyl (C=O) groups is 3. The number of nitro benzene ring substituents is 1. The molecule has 1 aliphatic heterocycles. The van der Waals surface area contributed by atoms with Crippen molar-refractivity contribution in [1.29, 1.82) is 0 Å². The van der Waals surface area contributed by atoms with E-state index in [1.54, 1.807) is 30.4 Å². The van der Waals surface area contributed by atoms with Gasteiger partial charge in [-0.25, -0.2) is 9.88 Å². The van der Waals surface area contributed by atoms with Crippen LogP contribution in [0.5, 0.6) is 0 Å². The van der Waals surface area contributed by atoms with Gasteiger partial charge in [0.25, 0.3) is 17.5 Å². The van der Waals surface area contributed by atoms with Crippen LogP contribution in [0.3, 0.4) is 0 Å². The average molecular weight is 625 g/mol. The zero-order chi connectivity index (χ0) is 31.1. The van der Waals surface area contributed by atoms with E-state index in [0.717, 1.165) is 42.9 Å². The van der Waals surface area contributed by atoms with Crippen molar-refractivity contribution < 1.29 is 19.3 Å². The number of amides is 3. The fourth-order valence-electron chi connectivity index (χ4n) is 5.43. The number of benzene rings is 4. The highest BCUT2D eigenvalue weighted by Gasteiger charge is 2.46. The number of hydrogen-bond acceptors (Lipinski definition) is 7. The minimum atomic E-state index is -1.13. The summed E-state index contributed by atoms with van der Waals surface area (Å²) in [5.74, 6) is -1.64. The van der Waals surface area contributed by atoms with Gasteiger partial charge in [0.1, 0.15) is 16.1 Å². The van der Waals surface area contributed by atoms with Crippen molar-refractivity contribution in [2.75, 3.05) is 4.90 Å². The molecule has 1 aliphatic rings. The van der Waals surface area contributed by atoms with Crippen LogP contribution in [0, 0.1) is 17.0 Å². The van der Waals surface area contributed by atoms with Crippen LogP contribution in [0.25, 0.3) is 20.8 Å². The quantitative estimate of drug-likeness (QED) is 0.106. The van der Waals surface area contributed by atoms with E-state index in [0.29, 0.717) is 5.69 Å².